The lowest BCUT2D eigenvalue weighted by Crippen LogP contribution is -2.26. The maximum absolute atomic E-state index is 11.9. The van der Waals surface area contributed by atoms with E-state index in [1.807, 2.05) is 0 Å². The van der Waals surface area contributed by atoms with E-state index in [0.29, 0.717) is 5.92 Å². The summed E-state index contributed by atoms with van der Waals surface area (Å²) < 4.78 is 0. The third-order valence-corrected chi connectivity index (χ3v) is 3.81. The lowest BCUT2D eigenvalue weighted by Gasteiger charge is -2.20. The van der Waals surface area contributed by atoms with Gasteiger partial charge in [-0.05, 0) is 44.1 Å². The molecule has 0 saturated heterocycles. The van der Waals surface area contributed by atoms with Crippen LogP contribution in [0.3, 0.4) is 0 Å². The van der Waals surface area contributed by atoms with Gasteiger partial charge < -0.3 is 5.11 Å². The fourth-order valence-corrected chi connectivity index (χ4v) is 2.74. The number of rotatable bonds is 8. The van der Waals surface area contributed by atoms with Gasteiger partial charge in [0.05, 0.1) is 12.0 Å². The minimum atomic E-state index is -0.483. The highest BCUT2D eigenvalue weighted by molar-refractivity contribution is 5.95. The highest BCUT2D eigenvalue weighted by Crippen LogP contribution is 2.30. The molecule has 19 heavy (non-hydrogen) atoms. The number of carbonyl (C=O) groups excluding carboxylic acids is 1. The van der Waals surface area contributed by atoms with E-state index in [2.05, 4.69) is 32.9 Å². The summed E-state index contributed by atoms with van der Waals surface area (Å²) in [5, 5.41) is 10.3. The van der Waals surface area contributed by atoms with Gasteiger partial charge in [-0.2, -0.15) is 0 Å². The molecule has 2 nitrogen and oxygen atoms in total. The lowest BCUT2D eigenvalue weighted by molar-refractivity contribution is -0.120. The highest BCUT2D eigenvalue weighted by Gasteiger charge is 2.31. The summed E-state index contributed by atoms with van der Waals surface area (Å²) in [6.07, 6.45) is 11.2. The first kappa shape index (κ1) is 16.2. The normalized spacial score (nSPS) is 22.8. The second kappa shape index (κ2) is 8.31. The van der Waals surface area contributed by atoms with Crippen molar-refractivity contribution in [3.8, 4) is 0 Å². The molecule has 0 saturated carbocycles. The van der Waals surface area contributed by atoms with Crippen LogP contribution < -0.4 is 0 Å². The van der Waals surface area contributed by atoms with Gasteiger partial charge in [-0.15, -0.1) is 0 Å². The van der Waals surface area contributed by atoms with Crippen molar-refractivity contribution >= 4 is 5.78 Å². The number of aliphatic hydroxyl groups is 1. The molecule has 0 radical (unpaired) electrons. The fourth-order valence-electron chi connectivity index (χ4n) is 2.74. The Labute approximate surface area is 117 Å². The number of aliphatic hydroxyl groups excluding tert-OH is 1. The van der Waals surface area contributed by atoms with Crippen molar-refractivity contribution < 1.29 is 9.90 Å². The van der Waals surface area contributed by atoms with Gasteiger partial charge in [0.15, 0.2) is 5.78 Å². The second-order valence-electron chi connectivity index (χ2n) is 5.79. The Bertz CT molecular complexity index is 341. The van der Waals surface area contributed by atoms with E-state index < -0.39 is 6.10 Å². The van der Waals surface area contributed by atoms with Gasteiger partial charge in [0.2, 0.25) is 0 Å². The zero-order valence-corrected chi connectivity index (χ0v) is 12.6. The van der Waals surface area contributed by atoms with Crippen LogP contribution in [-0.4, -0.2) is 17.0 Å². The van der Waals surface area contributed by atoms with Crippen molar-refractivity contribution in [2.45, 2.75) is 65.4 Å². The van der Waals surface area contributed by atoms with Gasteiger partial charge in [0.25, 0.3) is 0 Å². The van der Waals surface area contributed by atoms with E-state index in [9.17, 15) is 9.90 Å². The van der Waals surface area contributed by atoms with Crippen LogP contribution in [0.25, 0.3) is 0 Å². The van der Waals surface area contributed by atoms with Gasteiger partial charge >= 0.3 is 0 Å². The van der Waals surface area contributed by atoms with Gasteiger partial charge in [0, 0.05) is 0 Å². The summed E-state index contributed by atoms with van der Waals surface area (Å²) in [5.41, 5.74) is 1.22. The first-order chi connectivity index (χ1) is 9.08. The fraction of sp³-hybridized carbons (Fsp3) is 0.706. The van der Waals surface area contributed by atoms with Crippen molar-refractivity contribution in [2.75, 3.05) is 0 Å². The standard InChI is InChI=1S/C17H28O2/c1-4-6-7-9-13(3)10-16(18)15-11-14(8-5-2)12-17(15)19/h6-7,12-13,15-16,18H,4-5,8-11H2,1-3H3/b7-6-/t13-,15?,16?/m0/s1. The maximum atomic E-state index is 11.9. The van der Waals surface area contributed by atoms with Crippen molar-refractivity contribution in [2.24, 2.45) is 11.8 Å². The average Bonchev–Trinajstić information content (AvgIpc) is 2.71. The first-order valence-electron chi connectivity index (χ1n) is 7.64. The molecule has 0 aromatic heterocycles. The molecule has 1 rings (SSSR count). The predicted octanol–water partition coefficient (Wildman–Crippen LogP) is 4.05. The smallest absolute Gasteiger partial charge is 0.161 e. The largest absolute Gasteiger partial charge is 0.392 e. The lowest BCUT2D eigenvalue weighted by atomic mass is 9.89. The topological polar surface area (TPSA) is 37.3 Å². The molecule has 0 fully saturated rings. The maximum Gasteiger partial charge on any atom is 0.161 e. The molecule has 2 heteroatoms. The van der Waals surface area contributed by atoms with E-state index in [0.717, 1.165) is 38.5 Å². The SMILES string of the molecule is CC/C=C\C[C@H](C)CC(O)C1CC(CCC)=CC1=O. The number of hydrogen-bond acceptors (Lipinski definition) is 2. The third kappa shape index (κ3) is 5.32. The Balaban J connectivity index is 2.40. The van der Waals surface area contributed by atoms with E-state index in [1.165, 1.54) is 5.57 Å². The van der Waals surface area contributed by atoms with Crippen LogP contribution in [0.2, 0.25) is 0 Å². The molecule has 0 aromatic carbocycles. The molecule has 0 aliphatic heterocycles. The van der Waals surface area contributed by atoms with Crippen LogP contribution >= 0.6 is 0 Å². The minimum absolute atomic E-state index is 0.132. The number of carbonyl (C=O) groups is 1. The molecular formula is C17H28O2. The molecule has 1 aliphatic rings. The Morgan fingerprint density at radius 3 is 2.79 bits per heavy atom. The number of hydrogen-bond donors (Lipinski definition) is 1. The summed E-state index contributed by atoms with van der Waals surface area (Å²) in [6.45, 7) is 6.38. The van der Waals surface area contributed by atoms with Crippen molar-refractivity contribution in [3.63, 3.8) is 0 Å². The zero-order valence-electron chi connectivity index (χ0n) is 12.6. The quantitative estimate of drug-likeness (QED) is 0.672. The molecule has 1 aliphatic carbocycles. The molecule has 2 unspecified atom stereocenters. The Kier molecular flexibility index (Phi) is 7.07. The number of ketones is 1. The molecule has 0 spiro atoms. The van der Waals surface area contributed by atoms with Crippen molar-refractivity contribution in [1.29, 1.82) is 0 Å². The summed E-state index contributed by atoms with van der Waals surface area (Å²) >= 11 is 0. The Morgan fingerprint density at radius 2 is 2.16 bits per heavy atom. The van der Waals surface area contributed by atoms with E-state index >= 15 is 0 Å². The summed E-state index contributed by atoms with van der Waals surface area (Å²) in [5.74, 6) is 0.382. The van der Waals surface area contributed by atoms with Crippen LogP contribution in [-0.2, 0) is 4.79 Å². The van der Waals surface area contributed by atoms with Crippen LogP contribution in [0.4, 0.5) is 0 Å². The van der Waals surface area contributed by atoms with Crippen molar-refractivity contribution in [3.05, 3.63) is 23.8 Å². The zero-order chi connectivity index (χ0) is 14.3. The molecule has 0 bridgehead atoms. The van der Waals surface area contributed by atoms with E-state index in [4.69, 9.17) is 0 Å². The number of allylic oxidation sites excluding steroid dienone is 4. The van der Waals surface area contributed by atoms with Gasteiger partial charge in [-0.25, -0.2) is 0 Å². The molecule has 108 valence electrons. The van der Waals surface area contributed by atoms with Crippen LogP contribution in [0.15, 0.2) is 23.8 Å². The Hall–Kier alpha value is -0.890. The summed E-state index contributed by atoms with van der Waals surface area (Å²) in [4.78, 5) is 11.9. The molecular weight excluding hydrogens is 236 g/mol. The monoisotopic (exact) mass is 264 g/mol. The minimum Gasteiger partial charge on any atom is -0.392 e. The summed E-state index contributed by atoms with van der Waals surface area (Å²) in [7, 11) is 0. The molecule has 0 aromatic rings. The highest BCUT2D eigenvalue weighted by atomic mass is 16.3. The van der Waals surface area contributed by atoms with Gasteiger partial charge in [-0.1, -0.05) is 44.9 Å². The third-order valence-electron chi connectivity index (χ3n) is 3.81. The van der Waals surface area contributed by atoms with Gasteiger partial charge in [-0.3, -0.25) is 4.79 Å². The first-order valence-corrected chi connectivity index (χ1v) is 7.64. The van der Waals surface area contributed by atoms with E-state index in [-0.39, 0.29) is 11.7 Å². The molecule has 0 heterocycles. The summed E-state index contributed by atoms with van der Waals surface area (Å²) in [6, 6.07) is 0. The van der Waals surface area contributed by atoms with Crippen LogP contribution in [0.5, 0.6) is 0 Å². The predicted molar refractivity (Wildman–Crippen MR) is 79.9 cm³/mol. The van der Waals surface area contributed by atoms with Crippen LogP contribution in [0, 0.1) is 11.8 Å². The van der Waals surface area contributed by atoms with E-state index in [1.54, 1.807) is 6.08 Å². The molecule has 3 atom stereocenters. The molecule has 0 amide bonds. The molecule has 1 N–H and O–H groups in total. The average molecular weight is 264 g/mol. The van der Waals surface area contributed by atoms with Crippen molar-refractivity contribution in [1.82, 2.24) is 0 Å². The van der Waals surface area contributed by atoms with Crippen LogP contribution in [0.1, 0.15) is 59.3 Å². The Morgan fingerprint density at radius 1 is 1.42 bits per heavy atom. The van der Waals surface area contributed by atoms with Gasteiger partial charge in [0.1, 0.15) is 0 Å². The second-order valence-corrected chi connectivity index (χ2v) is 5.79.